The van der Waals surface area contributed by atoms with Crippen LogP contribution in [0, 0.1) is 0 Å². The smallest absolute Gasteiger partial charge is 0.331 e. The van der Waals surface area contributed by atoms with E-state index >= 15 is 0 Å². The zero-order chi connectivity index (χ0) is 16.2. The third-order valence-corrected chi connectivity index (χ3v) is 4.65. The molecule has 1 unspecified atom stereocenters. The standard InChI is InChI=1S/C17H15ClO4S/c18-15-3-1-2-14-13(15)8-9-16(14)22-11-4-6-12(7-5-11)23-21-10-17(19)20/h1-7,16H,8-10H2,(H,19,20). The highest BCUT2D eigenvalue weighted by atomic mass is 35.5. The SMILES string of the molecule is O=C(O)COSc1ccc(OC2CCc3c(Cl)cccc32)cc1. The minimum Gasteiger partial charge on any atom is -0.486 e. The monoisotopic (exact) mass is 350 g/mol. The van der Waals surface area contributed by atoms with Crippen LogP contribution in [0.1, 0.15) is 23.7 Å². The molecule has 0 saturated carbocycles. The first kappa shape index (κ1) is 16.2. The Morgan fingerprint density at radius 3 is 2.78 bits per heavy atom. The van der Waals surface area contributed by atoms with E-state index in [1.807, 2.05) is 36.4 Å². The molecule has 0 fully saturated rings. The van der Waals surface area contributed by atoms with Gasteiger partial charge in [-0.25, -0.2) is 4.79 Å². The highest BCUT2D eigenvalue weighted by molar-refractivity contribution is 7.94. The minimum absolute atomic E-state index is 0.0189. The number of benzene rings is 2. The first-order chi connectivity index (χ1) is 11.1. The summed E-state index contributed by atoms with van der Waals surface area (Å²) >= 11 is 7.25. The van der Waals surface area contributed by atoms with Gasteiger partial charge < -0.3 is 9.84 Å². The number of aliphatic carboxylic acids is 1. The maximum Gasteiger partial charge on any atom is 0.331 e. The molecule has 0 radical (unpaired) electrons. The quantitative estimate of drug-likeness (QED) is 0.776. The summed E-state index contributed by atoms with van der Waals surface area (Å²) in [7, 11) is 0. The Kier molecular flexibility index (Phi) is 5.10. The Labute approximate surface area is 143 Å². The van der Waals surface area contributed by atoms with Crippen LogP contribution in [-0.2, 0) is 15.4 Å². The third-order valence-electron chi connectivity index (χ3n) is 3.60. The van der Waals surface area contributed by atoms with Crippen molar-refractivity contribution in [3.63, 3.8) is 0 Å². The van der Waals surface area contributed by atoms with Gasteiger partial charge in [0.25, 0.3) is 0 Å². The lowest BCUT2D eigenvalue weighted by Gasteiger charge is -2.15. The van der Waals surface area contributed by atoms with Crippen molar-refractivity contribution in [3.8, 4) is 5.75 Å². The average molecular weight is 351 g/mol. The second-order valence-corrected chi connectivity index (χ2v) is 6.44. The maximum absolute atomic E-state index is 10.4. The predicted octanol–water partition coefficient (Wildman–Crippen LogP) is 4.51. The molecular weight excluding hydrogens is 336 g/mol. The minimum atomic E-state index is -0.990. The van der Waals surface area contributed by atoms with Gasteiger partial charge in [0.2, 0.25) is 0 Å². The van der Waals surface area contributed by atoms with Crippen molar-refractivity contribution in [2.45, 2.75) is 23.8 Å². The largest absolute Gasteiger partial charge is 0.486 e. The molecule has 1 aliphatic carbocycles. The van der Waals surface area contributed by atoms with Crippen molar-refractivity contribution in [2.24, 2.45) is 0 Å². The van der Waals surface area contributed by atoms with E-state index in [0.29, 0.717) is 0 Å². The van der Waals surface area contributed by atoms with E-state index in [1.165, 1.54) is 5.56 Å². The Hall–Kier alpha value is -1.69. The van der Waals surface area contributed by atoms with Crippen LogP contribution in [0.25, 0.3) is 0 Å². The first-order valence-electron chi connectivity index (χ1n) is 7.19. The molecule has 120 valence electrons. The lowest BCUT2D eigenvalue weighted by atomic mass is 10.1. The van der Waals surface area contributed by atoms with E-state index in [4.69, 9.17) is 25.6 Å². The second kappa shape index (κ2) is 7.25. The van der Waals surface area contributed by atoms with Crippen LogP contribution in [0.2, 0.25) is 5.02 Å². The molecule has 1 aliphatic rings. The number of rotatable bonds is 6. The summed E-state index contributed by atoms with van der Waals surface area (Å²) in [6, 6.07) is 13.3. The molecule has 6 heteroatoms. The van der Waals surface area contributed by atoms with Crippen LogP contribution < -0.4 is 4.74 Å². The molecular formula is C17H15ClO4S. The van der Waals surface area contributed by atoms with E-state index in [9.17, 15) is 4.79 Å². The third kappa shape index (κ3) is 3.99. The normalized spacial score (nSPS) is 16.1. The Balaban J connectivity index is 1.62. The zero-order valence-corrected chi connectivity index (χ0v) is 13.8. The number of carbonyl (C=O) groups is 1. The highest BCUT2D eigenvalue weighted by Crippen LogP contribution is 2.38. The van der Waals surface area contributed by atoms with Crippen molar-refractivity contribution in [2.75, 3.05) is 6.61 Å². The predicted molar refractivity (Wildman–Crippen MR) is 89.0 cm³/mol. The molecule has 0 heterocycles. The van der Waals surface area contributed by atoms with E-state index in [2.05, 4.69) is 6.07 Å². The topological polar surface area (TPSA) is 55.8 Å². The number of fused-ring (bicyclic) bond motifs is 1. The summed E-state index contributed by atoms with van der Waals surface area (Å²) in [5, 5.41) is 9.33. The van der Waals surface area contributed by atoms with Gasteiger partial charge in [-0.3, -0.25) is 4.18 Å². The first-order valence-corrected chi connectivity index (χ1v) is 8.30. The number of carboxylic acid groups (broad SMARTS) is 1. The van der Waals surface area contributed by atoms with Crippen molar-refractivity contribution in [1.82, 2.24) is 0 Å². The van der Waals surface area contributed by atoms with Crippen LogP contribution >= 0.6 is 23.6 Å². The Morgan fingerprint density at radius 2 is 2.04 bits per heavy atom. The van der Waals surface area contributed by atoms with Gasteiger partial charge in [0.1, 0.15) is 11.9 Å². The lowest BCUT2D eigenvalue weighted by molar-refractivity contribution is -0.138. The van der Waals surface area contributed by atoms with Crippen LogP contribution in [0.5, 0.6) is 5.75 Å². The van der Waals surface area contributed by atoms with E-state index < -0.39 is 5.97 Å². The fraction of sp³-hybridized carbons (Fsp3) is 0.235. The molecule has 2 aromatic carbocycles. The maximum atomic E-state index is 10.4. The van der Waals surface area contributed by atoms with Crippen molar-refractivity contribution >= 4 is 29.6 Å². The molecule has 0 aliphatic heterocycles. The van der Waals surface area contributed by atoms with Crippen LogP contribution in [-0.4, -0.2) is 17.7 Å². The summed E-state index contributed by atoms with van der Waals surface area (Å²) in [5.41, 5.74) is 2.33. The van der Waals surface area contributed by atoms with Crippen LogP contribution in [0.3, 0.4) is 0 Å². The molecule has 0 spiro atoms. The number of halogens is 1. The molecule has 1 atom stereocenters. The molecule has 0 bridgehead atoms. The highest BCUT2D eigenvalue weighted by Gasteiger charge is 2.25. The van der Waals surface area contributed by atoms with Crippen LogP contribution in [0.15, 0.2) is 47.4 Å². The molecule has 2 aromatic rings. The Bertz CT molecular complexity index is 702. The average Bonchev–Trinajstić information content (AvgIpc) is 2.93. The summed E-state index contributed by atoms with van der Waals surface area (Å²) in [6.07, 6.45) is 1.86. The van der Waals surface area contributed by atoms with E-state index in [1.54, 1.807) is 0 Å². The van der Waals surface area contributed by atoms with Gasteiger partial charge in [0, 0.05) is 22.0 Å². The van der Waals surface area contributed by atoms with Crippen molar-refractivity contribution in [3.05, 3.63) is 58.6 Å². The number of hydrogen-bond acceptors (Lipinski definition) is 4. The number of ether oxygens (including phenoxy) is 1. The molecule has 0 aromatic heterocycles. The van der Waals surface area contributed by atoms with Gasteiger partial charge >= 0.3 is 5.97 Å². The van der Waals surface area contributed by atoms with Gasteiger partial charge in [0.15, 0.2) is 6.61 Å². The van der Waals surface area contributed by atoms with E-state index in [-0.39, 0.29) is 12.7 Å². The van der Waals surface area contributed by atoms with Gasteiger partial charge in [-0.2, -0.15) is 0 Å². The second-order valence-electron chi connectivity index (χ2n) is 5.16. The van der Waals surface area contributed by atoms with E-state index in [0.717, 1.165) is 46.1 Å². The number of hydrogen-bond donors (Lipinski definition) is 1. The van der Waals surface area contributed by atoms with Gasteiger partial charge in [-0.15, -0.1) is 0 Å². The summed E-state index contributed by atoms with van der Waals surface area (Å²) in [5.74, 6) is -0.221. The Morgan fingerprint density at radius 1 is 1.26 bits per heavy atom. The number of carboxylic acids is 1. The summed E-state index contributed by atoms with van der Waals surface area (Å²) in [4.78, 5) is 11.2. The van der Waals surface area contributed by atoms with Crippen molar-refractivity contribution in [1.29, 1.82) is 0 Å². The molecule has 23 heavy (non-hydrogen) atoms. The summed E-state index contributed by atoms with van der Waals surface area (Å²) in [6.45, 7) is -0.331. The van der Waals surface area contributed by atoms with Crippen LogP contribution in [0.4, 0.5) is 0 Å². The molecule has 4 nitrogen and oxygen atoms in total. The van der Waals surface area contributed by atoms with Gasteiger partial charge in [-0.1, -0.05) is 23.7 Å². The summed E-state index contributed by atoms with van der Waals surface area (Å²) < 4.78 is 11.0. The molecule has 0 saturated heterocycles. The molecule has 0 amide bonds. The lowest BCUT2D eigenvalue weighted by Crippen LogP contribution is -2.03. The van der Waals surface area contributed by atoms with Crippen molar-refractivity contribution < 1.29 is 18.8 Å². The molecule has 3 rings (SSSR count). The fourth-order valence-electron chi connectivity index (χ4n) is 2.58. The van der Waals surface area contributed by atoms with Gasteiger partial charge in [0.05, 0.1) is 0 Å². The fourth-order valence-corrected chi connectivity index (χ4v) is 3.40. The van der Waals surface area contributed by atoms with Gasteiger partial charge in [-0.05, 0) is 54.3 Å². The zero-order valence-electron chi connectivity index (χ0n) is 12.2. The molecule has 1 N–H and O–H groups in total.